The van der Waals surface area contributed by atoms with Crippen molar-refractivity contribution in [3.63, 3.8) is 0 Å². The van der Waals surface area contributed by atoms with Crippen molar-refractivity contribution in [3.8, 4) is 0 Å². The maximum absolute atomic E-state index is 11.9. The molecule has 0 aliphatic heterocycles. The summed E-state index contributed by atoms with van der Waals surface area (Å²) in [7, 11) is -1.22. The summed E-state index contributed by atoms with van der Waals surface area (Å²) in [6.45, 7) is 1.94. The van der Waals surface area contributed by atoms with Crippen molar-refractivity contribution in [2.75, 3.05) is 12.0 Å². The fourth-order valence-electron chi connectivity index (χ4n) is 1.66. The number of ketones is 1. The first-order valence-electron chi connectivity index (χ1n) is 5.57. The van der Waals surface area contributed by atoms with E-state index in [0.29, 0.717) is 18.4 Å². The normalized spacial score (nSPS) is 11.7. The number of rotatable bonds is 6. The minimum absolute atomic E-state index is 0.0291. The van der Waals surface area contributed by atoms with Gasteiger partial charge in [-0.15, -0.1) is 0 Å². The Kier molecular flexibility index (Phi) is 4.45. The van der Waals surface area contributed by atoms with Gasteiger partial charge in [0.2, 0.25) is 0 Å². The van der Waals surface area contributed by atoms with E-state index < -0.39 is 9.84 Å². The molecular weight excluding hydrogens is 240 g/mol. The molecule has 0 aliphatic carbocycles. The van der Waals surface area contributed by atoms with E-state index in [1.54, 1.807) is 17.9 Å². The van der Waals surface area contributed by atoms with Crippen molar-refractivity contribution < 1.29 is 13.2 Å². The average Bonchev–Trinajstić information content (AvgIpc) is 2.57. The van der Waals surface area contributed by atoms with Crippen LogP contribution in [0.5, 0.6) is 0 Å². The van der Waals surface area contributed by atoms with Gasteiger partial charge in [0.05, 0.1) is 17.0 Å². The Balaban J connectivity index is 2.64. The van der Waals surface area contributed by atoms with Gasteiger partial charge in [-0.25, -0.2) is 8.42 Å². The Bertz CT molecular complexity index is 503. The van der Waals surface area contributed by atoms with E-state index >= 15 is 0 Å². The van der Waals surface area contributed by atoms with Crippen LogP contribution < -0.4 is 0 Å². The van der Waals surface area contributed by atoms with Crippen LogP contribution in [0.15, 0.2) is 6.20 Å². The first kappa shape index (κ1) is 13.9. The fraction of sp³-hybridized carbons (Fsp3) is 0.636. The van der Waals surface area contributed by atoms with Crippen molar-refractivity contribution in [2.45, 2.75) is 26.2 Å². The van der Waals surface area contributed by atoms with E-state index in [2.05, 4.69) is 5.10 Å². The highest BCUT2D eigenvalue weighted by atomic mass is 32.2. The Morgan fingerprint density at radius 2 is 2.12 bits per heavy atom. The van der Waals surface area contributed by atoms with Gasteiger partial charge in [-0.05, 0) is 12.8 Å². The first-order chi connectivity index (χ1) is 7.83. The van der Waals surface area contributed by atoms with Crippen LogP contribution in [-0.4, -0.2) is 36.0 Å². The molecule has 0 saturated carbocycles. The van der Waals surface area contributed by atoms with Crippen molar-refractivity contribution in [3.05, 3.63) is 17.5 Å². The molecule has 0 bridgehead atoms. The molecular formula is C11H18N2O3S. The molecule has 0 aliphatic rings. The van der Waals surface area contributed by atoms with E-state index in [4.69, 9.17) is 0 Å². The summed E-state index contributed by atoms with van der Waals surface area (Å²) in [5.41, 5.74) is 1.39. The van der Waals surface area contributed by atoms with Crippen LogP contribution in [0, 0.1) is 0 Å². The topological polar surface area (TPSA) is 69.0 Å². The molecule has 0 aromatic carbocycles. The number of nitrogens with zero attached hydrogens (tertiary/aromatic N) is 2. The molecule has 1 aromatic heterocycles. The number of sulfone groups is 1. The monoisotopic (exact) mass is 258 g/mol. The van der Waals surface area contributed by atoms with Crippen molar-refractivity contribution in [2.24, 2.45) is 7.05 Å². The molecule has 0 unspecified atom stereocenters. The van der Waals surface area contributed by atoms with Crippen molar-refractivity contribution in [1.82, 2.24) is 9.78 Å². The molecule has 0 N–H and O–H groups in total. The fourth-order valence-corrected chi connectivity index (χ4v) is 2.33. The second-order valence-corrected chi connectivity index (χ2v) is 6.43. The van der Waals surface area contributed by atoms with Crippen LogP contribution in [0.4, 0.5) is 0 Å². The molecule has 0 saturated heterocycles. The molecule has 17 heavy (non-hydrogen) atoms. The highest BCUT2D eigenvalue weighted by Gasteiger charge is 2.14. The average molecular weight is 258 g/mol. The predicted octanol–water partition coefficient (Wildman–Crippen LogP) is 0.990. The predicted molar refractivity (Wildman–Crippen MR) is 65.9 cm³/mol. The number of aromatic nitrogens is 2. The van der Waals surface area contributed by atoms with Crippen LogP contribution >= 0.6 is 0 Å². The van der Waals surface area contributed by atoms with Crippen LogP contribution in [0.3, 0.4) is 0 Å². The Morgan fingerprint density at radius 1 is 1.47 bits per heavy atom. The van der Waals surface area contributed by atoms with Gasteiger partial charge in [0.25, 0.3) is 0 Å². The van der Waals surface area contributed by atoms with Gasteiger partial charge in [-0.1, -0.05) is 6.92 Å². The Morgan fingerprint density at radius 3 is 2.65 bits per heavy atom. The van der Waals surface area contributed by atoms with Gasteiger partial charge < -0.3 is 0 Å². The third-order valence-electron chi connectivity index (χ3n) is 2.46. The van der Waals surface area contributed by atoms with E-state index in [1.165, 1.54) is 6.26 Å². The number of carbonyl (C=O) groups excluding carboxylic acids is 1. The van der Waals surface area contributed by atoms with Gasteiger partial charge >= 0.3 is 0 Å². The standard InChI is InChI=1S/C11H18N2O3S/c1-4-10-9(8-13(2)12-10)11(14)6-5-7-17(3,15)16/h8H,4-7H2,1-3H3. The quantitative estimate of drug-likeness (QED) is 0.713. The van der Waals surface area contributed by atoms with Crippen molar-refractivity contribution >= 4 is 15.6 Å². The summed E-state index contributed by atoms with van der Waals surface area (Å²) >= 11 is 0. The lowest BCUT2D eigenvalue weighted by molar-refractivity contribution is 0.0981. The minimum Gasteiger partial charge on any atom is -0.294 e. The lowest BCUT2D eigenvalue weighted by Gasteiger charge is -1.99. The summed E-state index contributed by atoms with van der Waals surface area (Å²) in [6.07, 6.45) is 4.20. The number of aryl methyl sites for hydroxylation is 2. The highest BCUT2D eigenvalue weighted by Crippen LogP contribution is 2.11. The second kappa shape index (κ2) is 5.44. The largest absolute Gasteiger partial charge is 0.294 e. The van der Waals surface area contributed by atoms with Crippen LogP contribution in [0.25, 0.3) is 0 Å². The second-order valence-electron chi connectivity index (χ2n) is 4.17. The number of Topliss-reactive ketones (excluding diaryl/α,β-unsaturated/α-hetero) is 1. The molecule has 0 amide bonds. The zero-order valence-electron chi connectivity index (χ0n) is 10.4. The van der Waals surface area contributed by atoms with Gasteiger partial charge in [-0.2, -0.15) is 5.10 Å². The summed E-state index contributed by atoms with van der Waals surface area (Å²) in [5.74, 6) is 0.0269. The van der Waals surface area contributed by atoms with Gasteiger partial charge in [0.15, 0.2) is 5.78 Å². The molecule has 5 nitrogen and oxygen atoms in total. The Hall–Kier alpha value is -1.17. The molecule has 6 heteroatoms. The molecule has 0 atom stereocenters. The lowest BCUT2D eigenvalue weighted by Crippen LogP contribution is -2.07. The van der Waals surface area contributed by atoms with E-state index in [-0.39, 0.29) is 18.0 Å². The first-order valence-corrected chi connectivity index (χ1v) is 7.63. The smallest absolute Gasteiger partial charge is 0.166 e. The van der Waals surface area contributed by atoms with E-state index in [1.807, 2.05) is 6.92 Å². The highest BCUT2D eigenvalue weighted by molar-refractivity contribution is 7.90. The molecule has 0 radical (unpaired) electrons. The van der Waals surface area contributed by atoms with Crippen molar-refractivity contribution in [1.29, 1.82) is 0 Å². The number of hydrogen-bond acceptors (Lipinski definition) is 4. The van der Waals surface area contributed by atoms with Crippen LogP contribution in [0.1, 0.15) is 35.8 Å². The summed E-state index contributed by atoms with van der Waals surface area (Å²) in [6, 6.07) is 0. The van der Waals surface area contributed by atoms with Gasteiger partial charge in [-0.3, -0.25) is 9.48 Å². The SMILES string of the molecule is CCc1nn(C)cc1C(=O)CCCS(C)(=O)=O. The molecule has 0 fully saturated rings. The maximum atomic E-state index is 11.9. The molecule has 1 rings (SSSR count). The summed E-state index contributed by atoms with van der Waals surface area (Å²) < 4.78 is 23.5. The zero-order chi connectivity index (χ0) is 13.1. The minimum atomic E-state index is -2.99. The molecule has 1 heterocycles. The third-order valence-corrected chi connectivity index (χ3v) is 3.49. The zero-order valence-corrected chi connectivity index (χ0v) is 11.2. The van der Waals surface area contributed by atoms with Gasteiger partial charge in [0, 0.05) is 25.9 Å². The third kappa shape index (κ3) is 4.30. The van der Waals surface area contributed by atoms with E-state index in [0.717, 1.165) is 5.69 Å². The van der Waals surface area contributed by atoms with Crippen LogP contribution in [0.2, 0.25) is 0 Å². The summed E-state index contributed by atoms with van der Waals surface area (Å²) in [4.78, 5) is 11.9. The molecule has 1 aromatic rings. The lowest BCUT2D eigenvalue weighted by atomic mass is 10.1. The van der Waals surface area contributed by atoms with Gasteiger partial charge in [0.1, 0.15) is 9.84 Å². The maximum Gasteiger partial charge on any atom is 0.166 e. The summed E-state index contributed by atoms with van der Waals surface area (Å²) in [5, 5.41) is 4.18. The van der Waals surface area contributed by atoms with Crippen LogP contribution in [-0.2, 0) is 23.3 Å². The molecule has 0 spiro atoms. The molecule has 96 valence electrons. The number of carbonyl (C=O) groups is 1. The Labute approximate surface area is 102 Å². The number of hydrogen-bond donors (Lipinski definition) is 0. The van der Waals surface area contributed by atoms with E-state index in [9.17, 15) is 13.2 Å².